The van der Waals surface area contributed by atoms with Crippen LogP contribution in [0.3, 0.4) is 0 Å². The van der Waals surface area contributed by atoms with Crippen molar-refractivity contribution >= 4 is 21.3 Å². The van der Waals surface area contributed by atoms with E-state index in [1.54, 1.807) is 0 Å². The van der Waals surface area contributed by atoms with E-state index in [1.165, 1.54) is 34.1 Å². The Kier molecular flexibility index (Phi) is 4.16. The number of nitrogens with zero attached hydrogens (tertiary/aromatic N) is 2. The maximum absolute atomic E-state index is 13.2. The highest BCUT2D eigenvalue weighted by Gasteiger charge is 2.46. The molecule has 0 amide bonds. The van der Waals surface area contributed by atoms with E-state index in [0.717, 1.165) is 24.0 Å². The molecule has 2 aromatic rings. The van der Waals surface area contributed by atoms with E-state index in [0.29, 0.717) is 19.5 Å². The van der Waals surface area contributed by atoms with E-state index in [-0.39, 0.29) is 16.0 Å². The Morgan fingerprint density at radius 3 is 2.56 bits per heavy atom. The number of hydrogen-bond donors (Lipinski definition) is 0. The first-order valence-electron chi connectivity index (χ1n) is 8.86. The third-order valence-electron chi connectivity index (χ3n) is 5.73. The first-order valence-corrected chi connectivity index (χ1v) is 10.3. The fraction of sp³-hybridized carbons (Fsp3) is 0.300. The lowest BCUT2D eigenvalue weighted by atomic mass is 9.75. The molecular weight excluding hydrogens is 364 g/mol. The molecule has 1 spiro atoms. The second-order valence-electron chi connectivity index (χ2n) is 7.26. The number of piperidine rings is 1. The topological polar surface area (TPSA) is 80.5 Å². The third-order valence-corrected chi connectivity index (χ3v) is 7.63. The number of fused-ring (bicyclic) bond motifs is 1. The van der Waals surface area contributed by atoms with Gasteiger partial charge in [-0.25, -0.2) is 8.42 Å². The SMILES string of the molecule is C=C1c2ccccc2C[C@]12CCCN(S(=O)(=O)c1ccccc1[N+](=O)[O-])C2. The van der Waals surface area contributed by atoms with Gasteiger partial charge < -0.3 is 0 Å². The monoisotopic (exact) mass is 384 g/mol. The molecule has 6 nitrogen and oxygen atoms in total. The molecule has 140 valence electrons. The lowest BCUT2D eigenvalue weighted by Crippen LogP contribution is -2.46. The number of hydrogen-bond acceptors (Lipinski definition) is 4. The average Bonchev–Trinajstić information content (AvgIpc) is 2.93. The quantitative estimate of drug-likeness (QED) is 0.598. The molecule has 0 bridgehead atoms. The Morgan fingerprint density at radius 1 is 1.11 bits per heavy atom. The van der Waals surface area contributed by atoms with E-state index in [1.807, 2.05) is 18.2 Å². The fourth-order valence-electron chi connectivity index (χ4n) is 4.38. The summed E-state index contributed by atoms with van der Waals surface area (Å²) < 4.78 is 27.8. The predicted octanol–water partition coefficient (Wildman–Crippen LogP) is 3.64. The van der Waals surface area contributed by atoms with Gasteiger partial charge in [0.1, 0.15) is 0 Å². The van der Waals surface area contributed by atoms with Crippen LogP contribution < -0.4 is 0 Å². The summed E-state index contributed by atoms with van der Waals surface area (Å²) in [5, 5.41) is 11.3. The zero-order valence-electron chi connectivity index (χ0n) is 14.8. The zero-order valence-corrected chi connectivity index (χ0v) is 15.6. The summed E-state index contributed by atoms with van der Waals surface area (Å²) in [4.78, 5) is 10.4. The van der Waals surface area contributed by atoms with Gasteiger partial charge in [0.05, 0.1) is 4.92 Å². The van der Waals surface area contributed by atoms with Gasteiger partial charge in [-0.2, -0.15) is 4.31 Å². The Labute approximate surface area is 158 Å². The molecule has 0 saturated carbocycles. The molecule has 2 aliphatic rings. The minimum absolute atomic E-state index is 0.242. The van der Waals surface area contributed by atoms with Gasteiger partial charge in [0.25, 0.3) is 5.69 Å². The van der Waals surface area contributed by atoms with Crippen molar-refractivity contribution in [1.29, 1.82) is 0 Å². The predicted molar refractivity (Wildman–Crippen MR) is 103 cm³/mol. The van der Waals surface area contributed by atoms with Crippen molar-refractivity contribution in [2.24, 2.45) is 5.41 Å². The summed E-state index contributed by atoms with van der Waals surface area (Å²) in [5.41, 5.74) is 2.54. The Balaban J connectivity index is 1.71. The average molecular weight is 384 g/mol. The molecule has 0 N–H and O–H groups in total. The van der Waals surface area contributed by atoms with Crippen LogP contribution in [0.5, 0.6) is 0 Å². The van der Waals surface area contributed by atoms with Crippen LogP contribution in [-0.2, 0) is 16.4 Å². The highest BCUT2D eigenvalue weighted by molar-refractivity contribution is 7.89. The molecule has 1 aliphatic carbocycles. The van der Waals surface area contributed by atoms with Crippen LogP contribution in [0, 0.1) is 15.5 Å². The van der Waals surface area contributed by atoms with Crippen LogP contribution >= 0.6 is 0 Å². The summed E-state index contributed by atoms with van der Waals surface area (Å²) in [5.74, 6) is 0. The first kappa shape index (κ1) is 17.9. The zero-order chi connectivity index (χ0) is 19.2. The van der Waals surface area contributed by atoms with Crippen LogP contribution in [0.2, 0.25) is 0 Å². The fourth-order valence-corrected chi connectivity index (χ4v) is 6.10. The summed E-state index contributed by atoms with van der Waals surface area (Å²) in [6.45, 7) is 4.94. The van der Waals surface area contributed by atoms with Crippen molar-refractivity contribution in [1.82, 2.24) is 4.31 Å². The van der Waals surface area contributed by atoms with Gasteiger partial charge >= 0.3 is 0 Å². The van der Waals surface area contributed by atoms with Crippen LogP contribution in [0.25, 0.3) is 5.57 Å². The summed E-state index contributed by atoms with van der Waals surface area (Å²) >= 11 is 0. The van der Waals surface area contributed by atoms with Crippen molar-refractivity contribution in [2.45, 2.75) is 24.2 Å². The molecule has 27 heavy (non-hydrogen) atoms. The maximum Gasteiger partial charge on any atom is 0.289 e. The minimum atomic E-state index is -3.96. The molecule has 0 aromatic heterocycles. The lowest BCUT2D eigenvalue weighted by Gasteiger charge is -2.40. The Hall–Kier alpha value is -2.51. The second kappa shape index (κ2) is 6.28. The van der Waals surface area contributed by atoms with Gasteiger partial charge in [-0.05, 0) is 42.0 Å². The van der Waals surface area contributed by atoms with E-state index in [2.05, 4.69) is 12.6 Å². The van der Waals surface area contributed by atoms with Crippen molar-refractivity contribution in [3.05, 3.63) is 76.4 Å². The number of nitro groups is 1. The molecule has 0 radical (unpaired) electrons. The van der Waals surface area contributed by atoms with Gasteiger partial charge in [-0.15, -0.1) is 0 Å². The smallest absolute Gasteiger partial charge is 0.258 e. The normalized spacial score (nSPS) is 22.7. The van der Waals surface area contributed by atoms with Crippen LogP contribution in [-0.4, -0.2) is 30.7 Å². The maximum atomic E-state index is 13.2. The number of nitro benzene ring substituents is 1. The molecular formula is C20H20N2O4S. The van der Waals surface area contributed by atoms with Gasteiger partial charge in [-0.3, -0.25) is 10.1 Å². The Morgan fingerprint density at radius 2 is 1.81 bits per heavy atom. The van der Waals surface area contributed by atoms with Crippen molar-refractivity contribution in [2.75, 3.05) is 13.1 Å². The number of rotatable bonds is 3. The van der Waals surface area contributed by atoms with E-state index >= 15 is 0 Å². The molecule has 1 saturated heterocycles. The highest BCUT2D eigenvalue weighted by atomic mass is 32.2. The van der Waals surface area contributed by atoms with Gasteiger partial charge in [0, 0.05) is 24.6 Å². The molecule has 1 aliphatic heterocycles. The largest absolute Gasteiger partial charge is 0.289 e. The molecule has 1 atom stereocenters. The minimum Gasteiger partial charge on any atom is -0.258 e. The highest BCUT2D eigenvalue weighted by Crippen LogP contribution is 2.51. The van der Waals surface area contributed by atoms with E-state index in [4.69, 9.17) is 0 Å². The first-order chi connectivity index (χ1) is 12.8. The van der Waals surface area contributed by atoms with Crippen LogP contribution in [0.4, 0.5) is 5.69 Å². The van der Waals surface area contributed by atoms with Crippen LogP contribution in [0.15, 0.2) is 60.0 Å². The summed E-state index contributed by atoms with van der Waals surface area (Å²) in [6.07, 6.45) is 2.32. The van der Waals surface area contributed by atoms with Crippen molar-refractivity contribution < 1.29 is 13.3 Å². The van der Waals surface area contributed by atoms with Gasteiger partial charge in [0.2, 0.25) is 10.0 Å². The summed E-state index contributed by atoms with van der Waals surface area (Å²) in [6, 6.07) is 13.6. The van der Waals surface area contributed by atoms with Crippen molar-refractivity contribution in [3.63, 3.8) is 0 Å². The molecule has 2 aromatic carbocycles. The third kappa shape index (κ3) is 2.78. The molecule has 1 fully saturated rings. The van der Waals surface area contributed by atoms with Gasteiger partial charge in [0.15, 0.2) is 4.90 Å². The molecule has 0 unspecified atom stereocenters. The molecule has 1 heterocycles. The standard InChI is InChI=1S/C20H20N2O4S/c1-15-17-8-3-2-7-16(17)13-20(15)11-6-12-21(14-20)27(25,26)19-10-5-4-9-18(19)22(23)24/h2-5,7-10H,1,6,11-14H2/t20-/m0/s1. The second-order valence-corrected chi connectivity index (χ2v) is 9.17. The van der Waals surface area contributed by atoms with Crippen LogP contribution in [0.1, 0.15) is 24.0 Å². The lowest BCUT2D eigenvalue weighted by molar-refractivity contribution is -0.387. The van der Waals surface area contributed by atoms with E-state index < -0.39 is 14.9 Å². The number of benzene rings is 2. The number of sulfonamides is 1. The Bertz CT molecular complexity index is 1050. The molecule has 4 rings (SSSR count). The summed E-state index contributed by atoms with van der Waals surface area (Å²) in [7, 11) is -3.96. The molecule has 7 heteroatoms. The van der Waals surface area contributed by atoms with Crippen molar-refractivity contribution in [3.8, 4) is 0 Å². The van der Waals surface area contributed by atoms with E-state index in [9.17, 15) is 18.5 Å². The van der Waals surface area contributed by atoms with Gasteiger partial charge in [-0.1, -0.05) is 43.0 Å². The number of para-hydroxylation sites is 1.